The molecule has 1 rings (SSSR count). The standard InChI is InChI=1S/C19H34NO5/c1-16(2)25-15-19(23)14-24-13-18(22)12-20(3,9-10-21)11-17-7-5-4-6-8-17/h4-8,16,18-19,21-23H,9-15H2,1-3H3/q+1. The summed E-state index contributed by atoms with van der Waals surface area (Å²) in [5.41, 5.74) is 1.16. The van der Waals surface area contributed by atoms with Crippen LogP contribution in [0.2, 0.25) is 0 Å². The van der Waals surface area contributed by atoms with Crippen molar-refractivity contribution in [2.45, 2.75) is 38.7 Å². The molecular formula is C19H34NO5+. The van der Waals surface area contributed by atoms with Gasteiger partial charge >= 0.3 is 0 Å². The van der Waals surface area contributed by atoms with Gasteiger partial charge in [0.05, 0.1) is 39.6 Å². The molecule has 0 saturated carbocycles. The SMILES string of the molecule is CC(C)OCC(O)COCC(O)C[N+](C)(CCO)Cc1ccccc1. The van der Waals surface area contributed by atoms with E-state index in [-0.39, 0.29) is 32.5 Å². The van der Waals surface area contributed by atoms with Gasteiger partial charge in [-0.1, -0.05) is 30.3 Å². The van der Waals surface area contributed by atoms with Gasteiger partial charge < -0.3 is 29.3 Å². The van der Waals surface area contributed by atoms with Crippen LogP contribution in [0.15, 0.2) is 30.3 Å². The van der Waals surface area contributed by atoms with E-state index in [9.17, 15) is 15.3 Å². The van der Waals surface area contributed by atoms with Crippen molar-refractivity contribution in [1.29, 1.82) is 0 Å². The Labute approximate surface area is 151 Å². The Bertz CT molecular complexity index is 456. The first-order chi connectivity index (χ1) is 11.8. The summed E-state index contributed by atoms with van der Waals surface area (Å²) in [5.74, 6) is 0. The predicted molar refractivity (Wildman–Crippen MR) is 97.1 cm³/mol. The topological polar surface area (TPSA) is 79.2 Å². The van der Waals surface area contributed by atoms with Crippen LogP contribution in [-0.2, 0) is 16.0 Å². The lowest BCUT2D eigenvalue weighted by molar-refractivity contribution is -0.925. The van der Waals surface area contributed by atoms with Gasteiger partial charge in [0, 0.05) is 5.56 Å². The number of quaternary nitrogens is 1. The zero-order chi connectivity index (χ0) is 18.7. The Balaban J connectivity index is 2.41. The molecule has 0 aromatic heterocycles. The van der Waals surface area contributed by atoms with Crippen molar-refractivity contribution in [2.24, 2.45) is 0 Å². The van der Waals surface area contributed by atoms with Crippen LogP contribution in [0.5, 0.6) is 0 Å². The summed E-state index contributed by atoms with van der Waals surface area (Å²) in [4.78, 5) is 0. The van der Waals surface area contributed by atoms with Gasteiger partial charge in [-0.25, -0.2) is 0 Å². The summed E-state index contributed by atoms with van der Waals surface area (Å²) >= 11 is 0. The molecule has 0 aliphatic heterocycles. The number of rotatable bonds is 13. The molecule has 6 heteroatoms. The molecule has 1 aromatic carbocycles. The number of hydrogen-bond acceptors (Lipinski definition) is 5. The van der Waals surface area contributed by atoms with Gasteiger partial charge in [-0.15, -0.1) is 0 Å². The highest BCUT2D eigenvalue weighted by Gasteiger charge is 2.26. The first kappa shape index (κ1) is 22.0. The van der Waals surface area contributed by atoms with E-state index < -0.39 is 12.2 Å². The predicted octanol–water partition coefficient (Wildman–Crippen LogP) is 0.789. The third-order valence-corrected chi connectivity index (χ3v) is 3.94. The third kappa shape index (κ3) is 9.89. The largest absolute Gasteiger partial charge is 0.391 e. The van der Waals surface area contributed by atoms with Gasteiger partial charge in [-0.05, 0) is 13.8 Å². The fraction of sp³-hybridized carbons (Fsp3) is 0.684. The Kier molecular flexibility index (Phi) is 10.2. The maximum absolute atomic E-state index is 10.3. The zero-order valence-electron chi connectivity index (χ0n) is 15.7. The van der Waals surface area contributed by atoms with E-state index in [1.54, 1.807) is 0 Å². The number of aliphatic hydroxyl groups is 3. The molecule has 3 atom stereocenters. The van der Waals surface area contributed by atoms with Crippen molar-refractivity contribution in [2.75, 3.05) is 46.6 Å². The fourth-order valence-corrected chi connectivity index (χ4v) is 2.75. The minimum absolute atomic E-state index is 0.0577. The first-order valence-corrected chi connectivity index (χ1v) is 8.88. The molecule has 3 unspecified atom stereocenters. The lowest BCUT2D eigenvalue weighted by Crippen LogP contribution is -2.50. The molecule has 0 aliphatic carbocycles. The van der Waals surface area contributed by atoms with Crippen molar-refractivity contribution >= 4 is 0 Å². The summed E-state index contributed by atoms with van der Waals surface area (Å²) in [5, 5.41) is 29.4. The third-order valence-electron chi connectivity index (χ3n) is 3.94. The van der Waals surface area contributed by atoms with Crippen LogP contribution < -0.4 is 0 Å². The van der Waals surface area contributed by atoms with Crippen LogP contribution in [0.4, 0.5) is 0 Å². The molecule has 3 N–H and O–H groups in total. The van der Waals surface area contributed by atoms with E-state index in [0.717, 1.165) is 12.1 Å². The molecule has 25 heavy (non-hydrogen) atoms. The quantitative estimate of drug-likeness (QED) is 0.456. The molecule has 0 saturated heterocycles. The average Bonchev–Trinajstić information content (AvgIpc) is 2.53. The molecule has 1 aromatic rings. The van der Waals surface area contributed by atoms with E-state index >= 15 is 0 Å². The lowest BCUT2D eigenvalue weighted by atomic mass is 10.1. The van der Waals surface area contributed by atoms with Crippen molar-refractivity contribution in [3.8, 4) is 0 Å². The Morgan fingerprint density at radius 1 is 1.00 bits per heavy atom. The van der Waals surface area contributed by atoms with Gasteiger partial charge in [-0.2, -0.15) is 0 Å². The molecule has 0 spiro atoms. The van der Waals surface area contributed by atoms with Gasteiger partial charge in [0.1, 0.15) is 31.8 Å². The van der Waals surface area contributed by atoms with E-state index in [4.69, 9.17) is 9.47 Å². The van der Waals surface area contributed by atoms with Crippen molar-refractivity contribution in [3.05, 3.63) is 35.9 Å². The Morgan fingerprint density at radius 2 is 1.64 bits per heavy atom. The monoisotopic (exact) mass is 356 g/mol. The molecule has 0 amide bonds. The molecular weight excluding hydrogens is 322 g/mol. The highest BCUT2D eigenvalue weighted by Crippen LogP contribution is 2.13. The number of hydrogen-bond donors (Lipinski definition) is 3. The second-order valence-electron chi connectivity index (χ2n) is 7.12. The molecule has 0 bridgehead atoms. The minimum atomic E-state index is -0.697. The highest BCUT2D eigenvalue weighted by atomic mass is 16.5. The van der Waals surface area contributed by atoms with Gasteiger partial charge in [-0.3, -0.25) is 0 Å². The Hall–Kier alpha value is -1.02. The van der Waals surface area contributed by atoms with E-state index in [1.807, 2.05) is 51.2 Å². The van der Waals surface area contributed by atoms with Crippen LogP contribution in [0.1, 0.15) is 19.4 Å². The fourth-order valence-electron chi connectivity index (χ4n) is 2.75. The van der Waals surface area contributed by atoms with E-state index in [0.29, 0.717) is 17.6 Å². The number of benzene rings is 1. The highest BCUT2D eigenvalue weighted by molar-refractivity contribution is 5.13. The average molecular weight is 356 g/mol. The summed E-state index contributed by atoms with van der Waals surface area (Å²) in [6.45, 7) is 6.11. The second-order valence-corrected chi connectivity index (χ2v) is 7.12. The van der Waals surface area contributed by atoms with Gasteiger partial charge in [0.15, 0.2) is 0 Å². The van der Waals surface area contributed by atoms with E-state index in [2.05, 4.69) is 0 Å². The lowest BCUT2D eigenvalue weighted by Gasteiger charge is -2.35. The normalized spacial score (nSPS) is 16.6. The van der Waals surface area contributed by atoms with Crippen molar-refractivity contribution in [3.63, 3.8) is 0 Å². The number of likely N-dealkylation sites (N-methyl/N-ethyl adjacent to an activating group) is 1. The van der Waals surface area contributed by atoms with Crippen molar-refractivity contribution in [1.82, 2.24) is 0 Å². The van der Waals surface area contributed by atoms with Crippen LogP contribution in [-0.4, -0.2) is 84.7 Å². The molecule has 0 radical (unpaired) electrons. The maximum Gasteiger partial charge on any atom is 0.126 e. The van der Waals surface area contributed by atoms with Gasteiger partial charge in [0.2, 0.25) is 0 Å². The minimum Gasteiger partial charge on any atom is -0.391 e. The molecule has 0 fully saturated rings. The number of aliphatic hydroxyl groups excluding tert-OH is 3. The number of nitrogens with zero attached hydrogens (tertiary/aromatic N) is 1. The van der Waals surface area contributed by atoms with Crippen LogP contribution in [0.25, 0.3) is 0 Å². The van der Waals surface area contributed by atoms with Crippen LogP contribution in [0.3, 0.4) is 0 Å². The van der Waals surface area contributed by atoms with Gasteiger partial charge in [0.25, 0.3) is 0 Å². The molecule has 0 aliphatic rings. The number of ether oxygens (including phenoxy) is 2. The van der Waals surface area contributed by atoms with Crippen LogP contribution in [0, 0.1) is 0 Å². The summed E-state index contributed by atoms with van der Waals surface area (Å²) < 4.78 is 11.2. The summed E-state index contributed by atoms with van der Waals surface area (Å²) in [6, 6.07) is 10.0. The first-order valence-electron chi connectivity index (χ1n) is 8.88. The summed E-state index contributed by atoms with van der Waals surface area (Å²) in [6.07, 6.45) is -1.30. The maximum atomic E-state index is 10.3. The molecule has 144 valence electrons. The van der Waals surface area contributed by atoms with Crippen LogP contribution >= 0.6 is 0 Å². The van der Waals surface area contributed by atoms with Crippen molar-refractivity contribution < 1.29 is 29.3 Å². The zero-order valence-corrected chi connectivity index (χ0v) is 15.7. The second kappa shape index (κ2) is 11.6. The molecule has 6 nitrogen and oxygen atoms in total. The Morgan fingerprint density at radius 3 is 2.24 bits per heavy atom. The molecule has 0 heterocycles. The summed E-state index contributed by atoms with van der Waals surface area (Å²) in [7, 11) is 2.01. The smallest absolute Gasteiger partial charge is 0.126 e. The van der Waals surface area contributed by atoms with E-state index in [1.165, 1.54) is 0 Å².